The molecule has 0 unspecified atom stereocenters. The van der Waals surface area contributed by atoms with Crippen LogP contribution in [0.3, 0.4) is 0 Å². The number of benzene rings is 2. The van der Waals surface area contributed by atoms with Crippen LogP contribution < -0.4 is 5.73 Å². The minimum absolute atomic E-state index is 0.693. The molecule has 0 spiro atoms. The molecule has 0 aliphatic heterocycles. The lowest BCUT2D eigenvalue weighted by Gasteiger charge is -2.07. The van der Waals surface area contributed by atoms with Crippen molar-refractivity contribution in [1.82, 2.24) is 9.78 Å². The highest BCUT2D eigenvalue weighted by Crippen LogP contribution is 2.37. The Morgan fingerprint density at radius 3 is 2.48 bits per heavy atom. The first kappa shape index (κ1) is 13.4. The number of rotatable bonds is 2. The Morgan fingerprint density at radius 1 is 1.00 bits per heavy atom. The molecule has 3 aromatic rings. The molecule has 1 heterocycles. The first-order valence-electron chi connectivity index (χ1n) is 7.03. The lowest BCUT2D eigenvalue weighted by atomic mass is 9.97. The number of nitrogen functional groups attached to an aromatic ring is 1. The van der Waals surface area contributed by atoms with E-state index in [4.69, 9.17) is 5.73 Å². The van der Waals surface area contributed by atoms with E-state index in [1.54, 1.807) is 4.68 Å². The Hall–Kier alpha value is -2.55. The van der Waals surface area contributed by atoms with E-state index in [1.165, 1.54) is 11.1 Å². The van der Waals surface area contributed by atoms with Gasteiger partial charge in [0.2, 0.25) is 0 Å². The maximum absolute atomic E-state index is 6.27. The molecule has 0 aliphatic rings. The van der Waals surface area contributed by atoms with Crippen molar-refractivity contribution in [3.8, 4) is 22.4 Å². The van der Waals surface area contributed by atoms with E-state index in [9.17, 15) is 0 Å². The van der Waals surface area contributed by atoms with Gasteiger partial charge in [-0.3, -0.25) is 4.68 Å². The lowest BCUT2D eigenvalue weighted by molar-refractivity contribution is 0.782. The van der Waals surface area contributed by atoms with E-state index in [2.05, 4.69) is 55.3 Å². The summed E-state index contributed by atoms with van der Waals surface area (Å²) in [5, 5.41) is 4.64. The Morgan fingerprint density at radius 2 is 1.76 bits per heavy atom. The van der Waals surface area contributed by atoms with Crippen LogP contribution in [0.2, 0.25) is 0 Å². The summed E-state index contributed by atoms with van der Waals surface area (Å²) in [4.78, 5) is 0. The molecule has 0 amide bonds. The van der Waals surface area contributed by atoms with E-state index in [0.29, 0.717) is 5.82 Å². The van der Waals surface area contributed by atoms with Gasteiger partial charge in [0, 0.05) is 12.6 Å². The molecule has 0 radical (unpaired) electrons. The summed E-state index contributed by atoms with van der Waals surface area (Å²) in [7, 11) is 1.89. The van der Waals surface area contributed by atoms with E-state index in [-0.39, 0.29) is 0 Å². The van der Waals surface area contributed by atoms with E-state index in [0.717, 1.165) is 22.4 Å². The monoisotopic (exact) mass is 277 g/mol. The van der Waals surface area contributed by atoms with Crippen molar-refractivity contribution in [3.63, 3.8) is 0 Å². The molecule has 0 bridgehead atoms. The van der Waals surface area contributed by atoms with Crippen molar-refractivity contribution in [2.75, 3.05) is 5.73 Å². The third-order valence-electron chi connectivity index (χ3n) is 3.80. The van der Waals surface area contributed by atoms with Gasteiger partial charge in [0.25, 0.3) is 0 Å². The van der Waals surface area contributed by atoms with Gasteiger partial charge in [0.15, 0.2) is 0 Å². The first-order chi connectivity index (χ1) is 10.1. The van der Waals surface area contributed by atoms with E-state index < -0.39 is 0 Å². The molecule has 2 N–H and O–H groups in total. The summed E-state index contributed by atoms with van der Waals surface area (Å²) in [6.45, 7) is 4.18. The fraction of sp³-hybridized carbons (Fsp3) is 0.167. The van der Waals surface area contributed by atoms with E-state index >= 15 is 0 Å². The van der Waals surface area contributed by atoms with Gasteiger partial charge in [0.1, 0.15) is 11.5 Å². The predicted octanol–water partition coefficient (Wildman–Crippen LogP) is 3.95. The third-order valence-corrected chi connectivity index (χ3v) is 3.80. The van der Waals surface area contributed by atoms with Crippen molar-refractivity contribution >= 4 is 5.82 Å². The van der Waals surface area contributed by atoms with Gasteiger partial charge in [-0.05, 0) is 25.0 Å². The smallest absolute Gasteiger partial charge is 0.129 e. The Balaban J connectivity index is 2.29. The summed E-state index contributed by atoms with van der Waals surface area (Å²) in [5.41, 5.74) is 12.9. The fourth-order valence-electron chi connectivity index (χ4n) is 2.65. The number of aryl methyl sites for hydroxylation is 3. The van der Waals surface area contributed by atoms with Crippen molar-refractivity contribution < 1.29 is 0 Å². The zero-order chi connectivity index (χ0) is 15.0. The summed E-state index contributed by atoms with van der Waals surface area (Å²) in [5.74, 6) is 0.693. The molecule has 0 saturated carbocycles. The second-order valence-corrected chi connectivity index (χ2v) is 5.42. The summed E-state index contributed by atoms with van der Waals surface area (Å²) in [6.07, 6.45) is 0. The third kappa shape index (κ3) is 2.31. The Bertz CT molecular complexity index is 800. The molecule has 3 rings (SSSR count). The Kier molecular flexibility index (Phi) is 3.26. The number of hydrogen-bond acceptors (Lipinski definition) is 2. The molecule has 3 nitrogen and oxygen atoms in total. The average Bonchev–Trinajstić information content (AvgIpc) is 2.75. The highest BCUT2D eigenvalue weighted by molar-refractivity contribution is 5.89. The zero-order valence-corrected chi connectivity index (χ0v) is 12.6. The zero-order valence-electron chi connectivity index (χ0n) is 12.6. The number of nitrogens with zero attached hydrogens (tertiary/aromatic N) is 2. The van der Waals surface area contributed by atoms with Gasteiger partial charge in [0.05, 0.1) is 5.56 Å². The molecule has 1 aromatic heterocycles. The van der Waals surface area contributed by atoms with Crippen molar-refractivity contribution in [2.24, 2.45) is 7.05 Å². The summed E-state index contributed by atoms with van der Waals surface area (Å²) in [6, 6.07) is 16.6. The number of aromatic nitrogens is 2. The van der Waals surface area contributed by atoms with Crippen LogP contribution in [0, 0.1) is 13.8 Å². The number of hydrogen-bond donors (Lipinski definition) is 1. The standard InChI is InChI=1S/C18H19N3/c1-12-7-6-9-14(11-12)16-17(20-21(3)18(16)19)15-10-5-4-8-13(15)2/h4-11H,19H2,1-3H3. The topological polar surface area (TPSA) is 43.8 Å². The Labute approximate surface area is 125 Å². The van der Waals surface area contributed by atoms with Gasteiger partial charge in [-0.2, -0.15) is 5.10 Å². The van der Waals surface area contributed by atoms with Crippen LogP contribution in [0.1, 0.15) is 11.1 Å². The molecule has 21 heavy (non-hydrogen) atoms. The highest BCUT2D eigenvalue weighted by atomic mass is 15.3. The van der Waals surface area contributed by atoms with Gasteiger partial charge in [-0.15, -0.1) is 0 Å². The minimum atomic E-state index is 0.693. The molecular weight excluding hydrogens is 258 g/mol. The molecule has 0 atom stereocenters. The molecule has 0 saturated heterocycles. The molecule has 106 valence electrons. The lowest BCUT2D eigenvalue weighted by Crippen LogP contribution is -1.98. The second-order valence-electron chi connectivity index (χ2n) is 5.42. The maximum atomic E-state index is 6.27. The highest BCUT2D eigenvalue weighted by Gasteiger charge is 2.18. The predicted molar refractivity (Wildman–Crippen MR) is 88.0 cm³/mol. The van der Waals surface area contributed by atoms with E-state index in [1.807, 2.05) is 19.2 Å². The average molecular weight is 277 g/mol. The van der Waals surface area contributed by atoms with Crippen LogP contribution in [-0.2, 0) is 7.05 Å². The number of anilines is 1. The van der Waals surface area contributed by atoms with Crippen LogP contribution >= 0.6 is 0 Å². The summed E-state index contributed by atoms with van der Waals surface area (Å²) >= 11 is 0. The molecular formula is C18H19N3. The SMILES string of the molecule is Cc1cccc(-c2c(-c3ccccc3C)nn(C)c2N)c1. The van der Waals surface area contributed by atoms with Gasteiger partial charge in [-0.1, -0.05) is 54.1 Å². The van der Waals surface area contributed by atoms with Crippen LogP contribution in [0.4, 0.5) is 5.82 Å². The quantitative estimate of drug-likeness (QED) is 0.770. The van der Waals surface area contributed by atoms with Crippen LogP contribution in [0.15, 0.2) is 48.5 Å². The molecule has 3 heteroatoms. The normalized spacial score (nSPS) is 10.8. The first-order valence-corrected chi connectivity index (χ1v) is 7.03. The van der Waals surface area contributed by atoms with Gasteiger partial charge in [-0.25, -0.2) is 0 Å². The summed E-state index contributed by atoms with van der Waals surface area (Å²) < 4.78 is 1.75. The van der Waals surface area contributed by atoms with Crippen LogP contribution in [-0.4, -0.2) is 9.78 Å². The molecule has 0 fully saturated rings. The number of nitrogens with two attached hydrogens (primary N) is 1. The van der Waals surface area contributed by atoms with Crippen molar-refractivity contribution in [2.45, 2.75) is 13.8 Å². The van der Waals surface area contributed by atoms with Crippen molar-refractivity contribution in [1.29, 1.82) is 0 Å². The maximum Gasteiger partial charge on any atom is 0.129 e. The fourth-order valence-corrected chi connectivity index (χ4v) is 2.65. The van der Waals surface area contributed by atoms with Crippen molar-refractivity contribution in [3.05, 3.63) is 59.7 Å². The van der Waals surface area contributed by atoms with Crippen LogP contribution in [0.5, 0.6) is 0 Å². The minimum Gasteiger partial charge on any atom is -0.383 e. The van der Waals surface area contributed by atoms with Gasteiger partial charge < -0.3 is 5.73 Å². The largest absolute Gasteiger partial charge is 0.383 e. The van der Waals surface area contributed by atoms with Crippen LogP contribution in [0.25, 0.3) is 22.4 Å². The second kappa shape index (κ2) is 5.09. The molecule has 2 aromatic carbocycles. The van der Waals surface area contributed by atoms with Gasteiger partial charge >= 0.3 is 0 Å². The molecule has 0 aliphatic carbocycles.